The molecule has 1 amide bonds. The maximum atomic E-state index is 12.5. The van der Waals surface area contributed by atoms with Crippen LogP contribution in [0.5, 0.6) is 0 Å². The van der Waals surface area contributed by atoms with Crippen LogP contribution in [0.3, 0.4) is 0 Å². The molecule has 0 aliphatic carbocycles. The Kier molecular flexibility index (Phi) is 5.76. The van der Waals surface area contributed by atoms with Gasteiger partial charge in [0.15, 0.2) is 0 Å². The van der Waals surface area contributed by atoms with Crippen molar-refractivity contribution in [3.63, 3.8) is 0 Å². The van der Waals surface area contributed by atoms with Crippen molar-refractivity contribution in [2.45, 2.75) is 26.4 Å². The highest BCUT2D eigenvalue weighted by Crippen LogP contribution is 2.11. The molecule has 0 bridgehead atoms. The van der Waals surface area contributed by atoms with Crippen LogP contribution < -0.4 is 5.32 Å². The Morgan fingerprint density at radius 2 is 1.78 bits per heavy atom. The van der Waals surface area contributed by atoms with Crippen LogP contribution in [0.2, 0.25) is 0 Å². The molecule has 0 aliphatic rings. The summed E-state index contributed by atoms with van der Waals surface area (Å²) in [6.45, 7) is 4.87. The van der Waals surface area contributed by atoms with E-state index in [1.807, 2.05) is 61.2 Å². The van der Waals surface area contributed by atoms with Crippen molar-refractivity contribution < 1.29 is 4.79 Å². The summed E-state index contributed by atoms with van der Waals surface area (Å²) < 4.78 is 0. The Hall–Kier alpha value is -2.80. The first-order valence-corrected chi connectivity index (χ1v) is 7.67. The minimum Gasteiger partial charge on any atom is -0.376 e. The van der Waals surface area contributed by atoms with E-state index in [1.165, 1.54) is 0 Å². The number of amides is 1. The van der Waals surface area contributed by atoms with Crippen LogP contribution in [0.4, 0.5) is 5.69 Å². The van der Waals surface area contributed by atoms with Gasteiger partial charge in [0.25, 0.3) is 0 Å². The molecule has 118 valence electrons. The van der Waals surface area contributed by atoms with Crippen molar-refractivity contribution in [2.75, 3.05) is 11.9 Å². The van der Waals surface area contributed by atoms with Crippen molar-refractivity contribution in [3.8, 4) is 6.07 Å². The van der Waals surface area contributed by atoms with Gasteiger partial charge < -0.3 is 10.2 Å². The Bertz CT molecular complexity index is 672. The minimum absolute atomic E-state index is 0.0493. The van der Waals surface area contributed by atoms with E-state index in [0.717, 1.165) is 11.3 Å². The monoisotopic (exact) mass is 307 g/mol. The van der Waals surface area contributed by atoms with Gasteiger partial charge in [-0.15, -0.1) is 0 Å². The number of nitrogens with one attached hydrogen (secondary N) is 1. The zero-order valence-electron chi connectivity index (χ0n) is 13.5. The third-order valence-corrected chi connectivity index (χ3v) is 3.60. The Morgan fingerprint density at radius 3 is 2.35 bits per heavy atom. The van der Waals surface area contributed by atoms with Gasteiger partial charge in [0.1, 0.15) is 0 Å². The predicted octanol–water partition coefficient (Wildman–Crippen LogP) is 3.41. The molecule has 23 heavy (non-hydrogen) atoms. The highest BCUT2D eigenvalue weighted by atomic mass is 16.2. The number of carbonyl (C=O) groups is 1. The second-order valence-corrected chi connectivity index (χ2v) is 5.64. The first kappa shape index (κ1) is 16.6. The van der Waals surface area contributed by atoms with Crippen LogP contribution in [0, 0.1) is 11.3 Å². The molecular weight excluding hydrogens is 286 g/mol. The SMILES string of the molecule is CC(C)N(Cc1ccccc1)C(=O)CNc1ccc(C#N)cc1. The van der Waals surface area contributed by atoms with E-state index < -0.39 is 0 Å². The van der Waals surface area contributed by atoms with Gasteiger partial charge >= 0.3 is 0 Å². The lowest BCUT2D eigenvalue weighted by Crippen LogP contribution is -2.39. The number of rotatable bonds is 6. The summed E-state index contributed by atoms with van der Waals surface area (Å²) in [6, 6.07) is 19.3. The Morgan fingerprint density at radius 1 is 1.13 bits per heavy atom. The fourth-order valence-electron chi connectivity index (χ4n) is 2.28. The molecule has 0 aliphatic heterocycles. The van der Waals surface area contributed by atoms with Crippen LogP contribution in [0.15, 0.2) is 54.6 Å². The average molecular weight is 307 g/mol. The van der Waals surface area contributed by atoms with E-state index >= 15 is 0 Å². The van der Waals surface area contributed by atoms with Crippen molar-refractivity contribution in [3.05, 3.63) is 65.7 Å². The third kappa shape index (κ3) is 4.86. The lowest BCUT2D eigenvalue weighted by atomic mass is 10.2. The van der Waals surface area contributed by atoms with Gasteiger partial charge in [-0.25, -0.2) is 0 Å². The van der Waals surface area contributed by atoms with E-state index in [1.54, 1.807) is 12.1 Å². The number of carbonyl (C=O) groups excluding carboxylic acids is 1. The lowest BCUT2D eigenvalue weighted by molar-refractivity contribution is -0.131. The minimum atomic E-state index is 0.0493. The van der Waals surface area contributed by atoms with E-state index in [2.05, 4.69) is 11.4 Å². The summed E-state index contributed by atoms with van der Waals surface area (Å²) in [5.41, 5.74) is 2.56. The summed E-state index contributed by atoms with van der Waals surface area (Å²) in [5.74, 6) is 0.0493. The highest BCUT2D eigenvalue weighted by Gasteiger charge is 2.16. The topological polar surface area (TPSA) is 56.1 Å². The predicted molar refractivity (Wildman–Crippen MR) is 91.8 cm³/mol. The molecule has 0 spiro atoms. The molecule has 0 aromatic heterocycles. The van der Waals surface area contributed by atoms with Crippen molar-refractivity contribution >= 4 is 11.6 Å². The second kappa shape index (κ2) is 8.00. The van der Waals surface area contributed by atoms with Gasteiger partial charge in [-0.05, 0) is 43.7 Å². The van der Waals surface area contributed by atoms with E-state index in [0.29, 0.717) is 12.1 Å². The fraction of sp³-hybridized carbons (Fsp3) is 0.263. The number of nitrogens with zero attached hydrogens (tertiary/aromatic N) is 2. The normalized spacial score (nSPS) is 10.2. The summed E-state index contributed by atoms with van der Waals surface area (Å²) >= 11 is 0. The number of hydrogen-bond donors (Lipinski definition) is 1. The molecule has 0 heterocycles. The van der Waals surface area contributed by atoms with Gasteiger partial charge in [0.05, 0.1) is 18.2 Å². The molecule has 1 N–H and O–H groups in total. The summed E-state index contributed by atoms with van der Waals surface area (Å²) in [7, 11) is 0. The number of hydrogen-bond acceptors (Lipinski definition) is 3. The van der Waals surface area contributed by atoms with Gasteiger partial charge in [-0.1, -0.05) is 30.3 Å². The van der Waals surface area contributed by atoms with Crippen molar-refractivity contribution in [1.82, 2.24) is 4.90 Å². The van der Waals surface area contributed by atoms with Crippen LogP contribution in [-0.2, 0) is 11.3 Å². The Balaban J connectivity index is 1.96. The van der Waals surface area contributed by atoms with Gasteiger partial charge in [-0.2, -0.15) is 5.26 Å². The summed E-state index contributed by atoms with van der Waals surface area (Å²) in [4.78, 5) is 14.3. The summed E-state index contributed by atoms with van der Waals surface area (Å²) in [5, 5.41) is 11.9. The molecule has 0 radical (unpaired) electrons. The molecule has 0 saturated carbocycles. The van der Waals surface area contributed by atoms with Gasteiger partial charge in [-0.3, -0.25) is 4.79 Å². The van der Waals surface area contributed by atoms with E-state index in [4.69, 9.17) is 5.26 Å². The zero-order valence-corrected chi connectivity index (χ0v) is 13.5. The zero-order chi connectivity index (χ0) is 16.7. The van der Waals surface area contributed by atoms with Crippen molar-refractivity contribution in [2.24, 2.45) is 0 Å². The van der Waals surface area contributed by atoms with Crippen LogP contribution in [-0.4, -0.2) is 23.4 Å². The van der Waals surface area contributed by atoms with Gasteiger partial charge in [0, 0.05) is 18.3 Å². The van der Waals surface area contributed by atoms with Crippen molar-refractivity contribution in [1.29, 1.82) is 5.26 Å². The van der Waals surface area contributed by atoms with Crippen LogP contribution in [0.1, 0.15) is 25.0 Å². The molecular formula is C19H21N3O. The molecule has 4 heteroatoms. The lowest BCUT2D eigenvalue weighted by Gasteiger charge is -2.27. The smallest absolute Gasteiger partial charge is 0.242 e. The van der Waals surface area contributed by atoms with Crippen LogP contribution >= 0.6 is 0 Å². The maximum Gasteiger partial charge on any atom is 0.242 e. The van der Waals surface area contributed by atoms with Crippen LogP contribution in [0.25, 0.3) is 0 Å². The number of anilines is 1. The quantitative estimate of drug-likeness (QED) is 0.890. The number of nitriles is 1. The third-order valence-electron chi connectivity index (χ3n) is 3.60. The molecule has 2 aromatic carbocycles. The standard InChI is InChI=1S/C19H21N3O/c1-15(2)22(14-17-6-4-3-5-7-17)19(23)13-21-18-10-8-16(12-20)9-11-18/h3-11,15,21H,13-14H2,1-2H3. The molecule has 0 fully saturated rings. The largest absolute Gasteiger partial charge is 0.376 e. The molecule has 2 aromatic rings. The van der Waals surface area contributed by atoms with E-state index in [-0.39, 0.29) is 18.5 Å². The molecule has 4 nitrogen and oxygen atoms in total. The molecule has 0 unspecified atom stereocenters. The molecule has 0 atom stereocenters. The van der Waals surface area contributed by atoms with Gasteiger partial charge in [0.2, 0.25) is 5.91 Å². The Labute approximate surface area is 137 Å². The fourth-order valence-corrected chi connectivity index (χ4v) is 2.28. The molecule has 0 saturated heterocycles. The first-order chi connectivity index (χ1) is 11.1. The first-order valence-electron chi connectivity index (χ1n) is 7.67. The van der Waals surface area contributed by atoms with E-state index in [9.17, 15) is 4.79 Å². The summed E-state index contributed by atoms with van der Waals surface area (Å²) in [6.07, 6.45) is 0. The highest BCUT2D eigenvalue weighted by molar-refractivity contribution is 5.81. The maximum absolute atomic E-state index is 12.5. The second-order valence-electron chi connectivity index (χ2n) is 5.64. The average Bonchev–Trinajstić information content (AvgIpc) is 2.58. The molecule has 2 rings (SSSR count). The number of benzene rings is 2.